The first-order valence-electron chi connectivity index (χ1n) is 2.05. The van der Waals surface area contributed by atoms with Gasteiger partial charge in [0.2, 0.25) is 0 Å². The first-order chi connectivity index (χ1) is 3.48. The van der Waals surface area contributed by atoms with Gasteiger partial charge in [-0.05, 0) is 6.92 Å². The van der Waals surface area contributed by atoms with Gasteiger partial charge in [-0.1, -0.05) is 0 Å². The predicted molar refractivity (Wildman–Crippen MR) is 33.9 cm³/mol. The van der Waals surface area contributed by atoms with E-state index in [1.54, 1.807) is 0 Å². The average molecular weight is 259 g/mol. The monoisotopic (exact) mass is 260 g/mol. The van der Waals surface area contributed by atoms with Crippen LogP contribution in [-0.4, -0.2) is 53.8 Å². The van der Waals surface area contributed by atoms with Gasteiger partial charge < -0.3 is 5.11 Å². The van der Waals surface area contributed by atoms with Gasteiger partial charge in [0, 0.05) is 23.9 Å². The van der Waals surface area contributed by atoms with Gasteiger partial charge >= 0.3 is 0 Å². The molecule has 2 N–H and O–H groups in total. The summed E-state index contributed by atoms with van der Waals surface area (Å²) >= 11 is 0. The van der Waals surface area contributed by atoms with Crippen LogP contribution in [0.15, 0.2) is 0 Å². The summed E-state index contributed by atoms with van der Waals surface area (Å²) in [5, 5.41) is 7.06. The Morgan fingerprint density at radius 2 is 1.89 bits per heavy atom. The Morgan fingerprint density at radius 1 is 1.56 bits per heavy atom. The van der Waals surface area contributed by atoms with E-state index in [9.17, 15) is 8.42 Å². The molecule has 0 aromatic carbocycles. The van der Waals surface area contributed by atoms with Crippen molar-refractivity contribution in [2.24, 2.45) is 0 Å². The zero-order valence-corrected chi connectivity index (χ0v) is 8.57. The molecule has 0 saturated heterocycles. The molecular formula is C3H8O4SSn. The van der Waals surface area contributed by atoms with Crippen molar-refractivity contribution in [1.29, 1.82) is 0 Å². The van der Waals surface area contributed by atoms with Crippen molar-refractivity contribution in [3.8, 4) is 0 Å². The van der Waals surface area contributed by atoms with Gasteiger partial charge in [0.05, 0.1) is 6.61 Å². The topological polar surface area (TPSA) is 74.6 Å². The third-order valence-electron chi connectivity index (χ3n) is 0.766. The maximum atomic E-state index is 9.96. The van der Waals surface area contributed by atoms with Crippen molar-refractivity contribution in [2.75, 3.05) is 6.61 Å². The predicted octanol–water partition coefficient (Wildman–Crippen LogP) is -1.13. The van der Waals surface area contributed by atoms with Gasteiger partial charge in [-0.25, -0.2) is 0 Å². The Hall–Kier alpha value is 0.669. The molecule has 0 aliphatic heterocycles. The summed E-state index contributed by atoms with van der Waals surface area (Å²) < 4.78 is 28.0. The second-order valence-electron chi connectivity index (χ2n) is 1.51. The molecule has 0 fully saturated rings. The summed E-state index contributed by atoms with van der Waals surface area (Å²) in [6.45, 7) is 0.675. The van der Waals surface area contributed by atoms with E-state index in [-0.39, 0.29) is 23.9 Å². The third-order valence-corrected chi connectivity index (χ3v) is 1.93. The molecule has 4 radical (unpaired) electrons. The number of hydrogen-bond donors (Lipinski definition) is 2. The van der Waals surface area contributed by atoms with Crippen LogP contribution in [0.3, 0.4) is 0 Å². The number of aliphatic hydroxyl groups is 1. The molecule has 0 amide bonds. The molecule has 6 heteroatoms. The number of rotatable bonds is 2. The van der Waals surface area contributed by atoms with E-state index in [4.69, 9.17) is 9.66 Å². The van der Waals surface area contributed by atoms with Gasteiger partial charge in [-0.2, -0.15) is 8.42 Å². The maximum Gasteiger partial charge on any atom is 0.269 e. The molecule has 0 aliphatic carbocycles. The molecule has 0 bridgehead atoms. The second-order valence-corrected chi connectivity index (χ2v) is 3.34. The average Bonchev–Trinajstić information content (AvgIpc) is 1.62. The van der Waals surface area contributed by atoms with Crippen molar-refractivity contribution < 1.29 is 18.1 Å². The third kappa shape index (κ3) is 5.13. The zero-order chi connectivity index (χ0) is 6.78. The summed E-state index contributed by atoms with van der Waals surface area (Å²) in [4.78, 5) is 0. The van der Waals surface area contributed by atoms with Crippen LogP contribution in [-0.2, 0) is 10.1 Å². The molecule has 0 rings (SSSR count). The first kappa shape index (κ1) is 12.4. The SMILES string of the molecule is CC(CO)S(=O)(=O)O.[Sn]. The quantitative estimate of drug-likeness (QED) is 0.486. The summed E-state index contributed by atoms with van der Waals surface area (Å²) in [6.07, 6.45) is 0. The molecular weight excluding hydrogens is 251 g/mol. The Kier molecular flexibility index (Phi) is 6.15. The van der Waals surface area contributed by atoms with E-state index < -0.39 is 22.0 Å². The Labute approximate surface area is 71.0 Å². The molecule has 9 heavy (non-hydrogen) atoms. The van der Waals surface area contributed by atoms with Crippen LogP contribution in [0, 0.1) is 0 Å². The maximum absolute atomic E-state index is 9.96. The first-order valence-corrected chi connectivity index (χ1v) is 3.56. The fraction of sp³-hybridized carbons (Fsp3) is 1.00. The fourth-order valence-corrected chi connectivity index (χ4v) is 0.283. The Bertz CT molecular complexity index is 151. The van der Waals surface area contributed by atoms with Crippen LogP contribution in [0.25, 0.3) is 0 Å². The molecule has 54 valence electrons. The van der Waals surface area contributed by atoms with Crippen molar-refractivity contribution >= 4 is 34.0 Å². The molecule has 0 aliphatic rings. The normalized spacial score (nSPS) is 14.1. The van der Waals surface area contributed by atoms with E-state index in [1.165, 1.54) is 6.92 Å². The van der Waals surface area contributed by atoms with Crippen LogP contribution >= 0.6 is 0 Å². The van der Waals surface area contributed by atoms with E-state index in [0.717, 1.165) is 0 Å². The van der Waals surface area contributed by atoms with Gasteiger partial charge in [0.1, 0.15) is 5.25 Å². The van der Waals surface area contributed by atoms with Crippen LogP contribution < -0.4 is 0 Å². The Morgan fingerprint density at radius 3 is 1.89 bits per heavy atom. The standard InChI is InChI=1S/C3H8O4S.Sn/c1-3(2-4)8(5,6)7;/h3-4H,2H2,1H3,(H,5,6,7);. The van der Waals surface area contributed by atoms with E-state index in [1.807, 2.05) is 0 Å². The van der Waals surface area contributed by atoms with Crippen LogP contribution in [0.2, 0.25) is 0 Å². The van der Waals surface area contributed by atoms with Crippen LogP contribution in [0.4, 0.5) is 0 Å². The summed E-state index contributed by atoms with van der Waals surface area (Å²) in [6, 6.07) is 0. The summed E-state index contributed by atoms with van der Waals surface area (Å²) in [5.74, 6) is 0. The van der Waals surface area contributed by atoms with E-state index >= 15 is 0 Å². The van der Waals surface area contributed by atoms with E-state index in [0.29, 0.717) is 0 Å². The van der Waals surface area contributed by atoms with Gasteiger partial charge in [0.25, 0.3) is 10.1 Å². The molecule has 0 aromatic rings. The largest absolute Gasteiger partial charge is 0.395 e. The summed E-state index contributed by atoms with van der Waals surface area (Å²) in [7, 11) is -4.00. The van der Waals surface area contributed by atoms with Gasteiger partial charge in [0.15, 0.2) is 0 Å². The number of aliphatic hydroxyl groups excluding tert-OH is 1. The van der Waals surface area contributed by atoms with Crippen LogP contribution in [0.1, 0.15) is 6.92 Å². The van der Waals surface area contributed by atoms with E-state index in [2.05, 4.69) is 0 Å². The smallest absolute Gasteiger partial charge is 0.269 e. The van der Waals surface area contributed by atoms with Crippen molar-refractivity contribution in [3.05, 3.63) is 0 Å². The molecule has 0 saturated carbocycles. The minimum atomic E-state index is -4.00. The molecule has 1 unspecified atom stereocenters. The second kappa shape index (κ2) is 4.48. The zero-order valence-electron chi connectivity index (χ0n) is 4.90. The van der Waals surface area contributed by atoms with Gasteiger partial charge in [-0.15, -0.1) is 0 Å². The fourth-order valence-electron chi connectivity index (χ4n) is 0.0942. The van der Waals surface area contributed by atoms with Gasteiger partial charge in [-0.3, -0.25) is 4.55 Å². The molecule has 0 heterocycles. The van der Waals surface area contributed by atoms with Crippen molar-refractivity contribution in [2.45, 2.75) is 12.2 Å². The van der Waals surface area contributed by atoms with Crippen molar-refractivity contribution in [3.63, 3.8) is 0 Å². The molecule has 4 nitrogen and oxygen atoms in total. The van der Waals surface area contributed by atoms with Crippen molar-refractivity contribution in [1.82, 2.24) is 0 Å². The summed E-state index contributed by atoms with van der Waals surface area (Å²) in [5.41, 5.74) is 0. The number of hydrogen-bond acceptors (Lipinski definition) is 3. The van der Waals surface area contributed by atoms with Crippen LogP contribution in [0.5, 0.6) is 0 Å². The molecule has 1 atom stereocenters. The molecule has 0 spiro atoms. The molecule has 0 aromatic heterocycles. The minimum absolute atomic E-state index is 0. The minimum Gasteiger partial charge on any atom is -0.395 e. The Balaban J connectivity index is 0.